The van der Waals surface area contributed by atoms with Gasteiger partial charge in [-0.1, -0.05) is 39.5 Å². The van der Waals surface area contributed by atoms with Crippen LogP contribution in [-0.2, 0) is 9.53 Å². The van der Waals surface area contributed by atoms with Crippen molar-refractivity contribution in [1.29, 1.82) is 0 Å². The summed E-state index contributed by atoms with van der Waals surface area (Å²) in [5.41, 5.74) is -0.437. The van der Waals surface area contributed by atoms with Crippen molar-refractivity contribution in [2.75, 3.05) is 31.9 Å². The third-order valence-electron chi connectivity index (χ3n) is 8.01. The van der Waals surface area contributed by atoms with Crippen LogP contribution in [0.15, 0.2) is 0 Å². The third-order valence-corrected chi connectivity index (χ3v) is 9.45. The van der Waals surface area contributed by atoms with E-state index in [0.717, 1.165) is 30.4 Å². The van der Waals surface area contributed by atoms with Crippen molar-refractivity contribution >= 4 is 23.8 Å². The van der Waals surface area contributed by atoms with Gasteiger partial charge in [0.25, 0.3) is 0 Å². The molecule has 0 aromatic heterocycles. The lowest BCUT2D eigenvalue weighted by Gasteiger charge is -2.39. The number of thioether (sulfide) groups is 1. The van der Waals surface area contributed by atoms with Gasteiger partial charge in [0.2, 0.25) is 0 Å². The highest BCUT2D eigenvalue weighted by Gasteiger charge is 2.46. The zero-order chi connectivity index (χ0) is 25.7. The van der Waals surface area contributed by atoms with E-state index >= 15 is 0 Å². The Morgan fingerprint density at radius 1 is 1.00 bits per heavy atom. The summed E-state index contributed by atoms with van der Waals surface area (Å²) in [7, 11) is 0. The zero-order valence-electron chi connectivity index (χ0n) is 22.9. The predicted octanol–water partition coefficient (Wildman–Crippen LogP) is 6.19. The van der Waals surface area contributed by atoms with Crippen LogP contribution in [0.5, 0.6) is 0 Å². The molecular weight excluding hydrogens is 460 g/mol. The molecule has 4 aliphatic rings. The van der Waals surface area contributed by atoms with Crippen LogP contribution in [0.1, 0.15) is 98.8 Å². The van der Waals surface area contributed by atoms with Gasteiger partial charge in [-0.2, -0.15) is 11.8 Å². The molecule has 7 heteroatoms. The highest BCUT2D eigenvalue weighted by molar-refractivity contribution is 7.99. The highest BCUT2D eigenvalue weighted by Crippen LogP contribution is 2.47. The average molecular weight is 511 g/mol. The second-order valence-electron chi connectivity index (χ2n) is 13.0. The van der Waals surface area contributed by atoms with E-state index < -0.39 is 17.0 Å². The molecule has 2 saturated carbocycles. The number of amides is 1. The largest absolute Gasteiger partial charge is 0.481 e. The molecular formula is C28H50N2O4S. The molecule has 2 N–H and O–H groups in total. The van der Waals surface area contributed by atoms with Gasteiger partial charge >= 0.3 is 12.1 Å². The molecule has 0 aromatic rings. The van der Waals surface area contributed by atoms with Crippen molar-refractivity contribution in [1.82, 2.24) is 10.2 Å². The molecule has 4 rings (SSSR count). The number of hydrogen-bond acceptors (Lipinski definition) is 5. The van der Waals surface area contributed by atoms with Gasteiger partial charge in [0.05, 0.1) is 5.41 Å². The Bertz CT molecular complexity index is 698. The standard InChI is InChI=1S/C15H25NO4.C13H25NS/c1-14(2,3)20-13(19)16-8-6-15(7-9-16,12(17)18)10-11-4-5-11;1-11(2)15-10-13(9-12-3-4-12)5-7-14-8-6-13/h11H,4-10H2,1-3H3,(H,17,18);11-12,14H,3-10H2,1-2H3. The summed E-state index contributed by atoms with van der Waals surface area (Å²) < 4.78 is 5.34. The van der Waals surface area contributed by atoms with E-state index in [-0.39, 0.29) is 6.09 Å². The number of carboxylic acids is 1. The van der Waals surface area contributed by atoms with Crippen LogP contribution in [-0.4, -0.2) is 64.9 Å². The van der Waals surface area contributed by atoms with E-state index in [1.807, 2.05) is 20.8 Å². The molecule has 2 aliphatic carbocycles. The Balaban J connectivity index is 0.000000203. The summed E-state index contributed by atoms with van der Waals surface area (Å²) in [5.74, 6) is 2.38. The molecule has 2 heterocycles. The van der Waals surface area contributed by atoms with E-state index in [1.54, 1.807) is 4.90 Å². The number of rotatable bonds is 8. The van der Waals surface area contributed by atoms with Crippen LogP contribution in [0.4, 0.5) is 4.79 Å². The number of hydrogen-bond donors (Lipinski definition) is 2. The van der Waals surface area contributed by atoms with Gasteiger partial charge in [-0.05, 0) is 101 Å². The van der Waals surface area contributed by atoms with Gasteiger partial charge in [0.1, 0.15) is 5.60 Å². The monoisotopic (exact) mass is 510 g/mol. The van der Waals surface area contributed by atoms with Gasteiger partial charge in [0.15, 0.2) is 0 Å². The van der Waals surface area contributed by atoms with Gasteiger partial charge in [-0.15, -0.1) is 0 Å². The molecule has 0 bridgehead atoms. The first-order valence-electron chi connectivity index (χ1n) is 14.0. The predicted molar refractivity (Wildman–Crippen MR) is 144 cm³/mol. The Hall–Kier alpha value is -0.950. The van der Waals surface area contributed by atoms with E-state index in [1.165, 1.54) is 50.9 Å². The number of carbonyl (C=O) groups excluding carboxylic acids is 1. The maximum Gasteiger partial charge on any atom is 0.410 e. The topological polar surface area (TPSA) is 78.9 Å². The molecule has 35 heavy (non-hydrogen) atoms. The Labute approximate surface area is 217 Å². The van der Waals surface area contributed by atoms with E-state index in [4.69, 9.17) is 4.74 Å². The summed E-state index contributed by atoms with van der Waals surface area (Å²) in [6, 6.07) is 0. The summed E-state index contributed by atoms with van der Waals surface area (Å²) in [6.45, 7) is 13.6. The summed E-state index contributed by atoms with van der Waals surface area (Å²) in [4.78, 5) is 25.2. The SMILES string of the molecule is CC(C)(C)OC(=O)N1CCC(CC2CC2)(C(=O)O)CC1.CC(C)SCC1(CC2CC2)CCNCC1. The third kappa shape index (κ3) is 9.46. The van der Waals surface area contributed by atoms with Crippen LogP contribution in [0.2, 0.25) is 0 Å². The summed E-state index contributed by atoms with van der Waals surface area (Å²) in [6.07, 6.45) is 11.2. The van der Waals surface area contributed by atoms with Crippen LogP contribution < -0.4 is 5.32 Å². The summed E-state index contributed by atoms with van der Waals surface area (Å²) >= 11 is 2.18. The number of nitrogens with one attached hydrogen (secondary N) is 1. The molecule has 1 amide bonds. The molecule has 0 spiro atoms. The first-order valence-corrected chi connectivity index (χ1v) is 15.0. The number of carbonyl (C=O) groups is 2. The van der Waals surface area contributed by atoms with E-state index in [0.29, 0.717) is 37.3 Å². The molecule has 202 valence electrons. The Kier molecular flexibility index (Phi) is 9.86. The molecule has 0 atom stereocenters. The normalized spacial score (nSPS) is 23.9. The van der Waals surface area contributed by atoms with Gasteiger partial charge in [0, 0.05) is 13.1 Å². The van der Waals surface area contributed by atoms with E-state index in [9.17, 15) is 14.7 Å². The van der Waals surface area contributed by atoms with Crippen molar-refractivity contribution in [3.63, 3.8) is 0 Å². The Morgan fingerprint density at radius 2 is 1.54 bits per heavy atom. The van der Waals surface area contributed by atoms with Crippen molar-refractivity contribution in [3.8, 4) is 0 Å². The second-order valence-corrected chi connectivity index (χ2v) is 14.5. The van der Waals surface area contributed by atoms with Crippen molar-refractivity contribution in [2.24, 2.45) is 22.7 Å². The number of carboxylic acid groups (broad SMARTS) is 1. The zero-order valence-corrected chi connectivity index (χ0v) is 23.7. The van der Waals surface area contributed by atoms with Crippen molar-refractivity contribution in [2.45, 2.75) is 110 Å². The van der Waals surface area contributed by atoms with Crippen molar-refractivity contribution < 1.29 is 19.4 Å². The van der Waals surface area contributed by atoms with Gasteiger partial charge in [-0.25, -0.2) is 4.79 Å². The maximum absolute atomic E-state index is 12.0. The minimum Gasteiger partial charge on any atom is -0.481 e. The van der Waals surface area contributed by atoms with Crippen LogP contribution in [0.25, 0.3) is 0 Å². The lowest BCUT2D eigenvalue weighted by atomic mass is 9.74. The molecule has 2 saturated heterocycles. The number of nitrogens with zero attached hydrogens (tertiary/aromatic N) is 1. The lowest BCUT2D eigenvalue weighted by molar-refractivity contribution is -0.153. The molecule has 6 nitrogen and oxygen atoms in total. The number of aliphatic carboxylic acids is 1. The van der Waals surface area contributed by atoms with Crippen LogP contribution >= 0.6 is 11.8 Å². The molecule has 4 fully saturated rings. The fourth-order valence-corrected chi connectivity index (χ4v) is 6.56. The fraction of sp³-hybridized carbons (Fsp3) is 0.929. The maximum atomic E-state index is 12.0. The van der Waals surface area contributed by atoms with Gasteiger partial charge in [-0.3, -0.25) is 4.79 Å². The minimum absolute atomic E-state index is 0.331. The fourth-order valence-electron chi connectivity index (χ4n) is 5.47. The van der Waals surface area contributed by atoms with Crippen LogP contribution in [0.3, 0.4) is 0 Å². The second kappa shape index (κ2) is 12.1. The minimum atomic E-state index is -0.701. The Morgan fingerprint density at radius 3 is 2.00 bits per heavy atom. The number of piperidine rings is 2. The smallest absolute Gasteiger partial charge is 0.410 e. The molecule has 2 aliphatic heterocycles. The first-order chi connectivity index (χ1) is 16.4. The summed E-state index contributed by atoms with van der Waals surface area (Å²) in [5, 5.41) is 13.9. The lowest BCUT2D eigenvalue weighted by Crippen LogP contribution is -2.48. The van der Waals surface area contributed by atoms with Crippen LogP contribution in [0, 0.1) is 22.7 Å². The molecule has 0 aromatic carbocycles. The van der Waals surface area contributed by atoms with Crippen molar-refractivity contribution in [3.05, 3.63) is 0 Å². The number of ether oxygens (including phenoxy) is 1. The van der Waals surface area contributed by atoms with Gasteiger partial charge < -0.3 is 20.1 Å². The highest BCUT2D eigenvalue weighted by atomic mass is 32.2. The number of likely N-dealkylation sites (tertiary alicyclic amines) is 1. The quantitative estimate of drug-likeness (QED) is 0.406. The molecule has 0 unspecified atom stereocenters. The van der Waals surface area contributed by atoms with E-state index in [2.05, 4.69) is 30.9 Å². The first kappa shape index (κ1) is 28.6. The molecule has 0 radical (unpaired) electrons. The average Bonchev–Trinajstić information content (AvgIpc) is 3.71.